The molecule has 21 heavy (non-hydrogen) atoms. The van der Waals surface area contributed by atoms with Crippen LogP contribution in [0.15, 0.2) is 42.5 Å². The second-order valence-corrected chi connectivity index (χ2v) is 6.15. The third-order valence-corrected chi connectivity index (χ3v) is 3.02. The lowest BCUT2D eigenvalue weighted by Gasteiger charge is -2.33. The summed E-state index contributed by atoms with van der Waals surface area (Å²) in [5.41, 5.74) is 0.799. The molecule has 1 aliphatic rings. The van der Waals surface area contributed by atoms with E-state index in [4.69, 9.17) is 14.2 Å². The monoisotopic (exact) mass is 292 g/mol. The van der Waals surface area contributed by atoms with Gasteiger partial charge in [0.2, 0.25) is 0 Å². The summed E-state index contributed by atoms with van der Waals surface area (Å²) in [4.78, 5) is 0. The topological polar surface area (TPSA) is 47.9 Å². The normalized spacial score (nSPS) is 26.0. The Hall–Kier alpha value is -1.20. The summed E-state index contributed by atoms with van der Waals surface area (Å²) in [7, 11) is 0. The quantitative estimate of drug-likeness (QED) is 0.848. The van der Waals surface area contributed by atoms with Crippen molar-refractivity contribution in [3.63, 3.8) is 0 Å². The van der Waals surface area contributed by atoms with E-state index in [-0.39, 0.29) is 5.60 Å². The SMILES string of the molecule is CC(C)(C)O[C@@H]1C=C[C@H](O)[C@@H](COCc2ccccc2)O1. The third-order valence-electron chi connectivity index (χ3n) is 3.02. The minimum absolute atomic E-state index is 0.299. The van der Waals surface area contributed by atoms with Gasteiger partial charge in [-0.1, -0.05) is 36.4 Å². The highest BCUT2D eigenvalue weighted by molar-refractivity contribution is 5.13. The molecule has 1 aromatic carbocycles. The average molecular weight is 292 g/mol. The van der Waals surface area contributed by atoms with E-state index in [1.54, 1.807) is 12.2 Å². The largest absolute Gasteiger partial charge is 0.386 e. The van der Waals surface area contributed by atoms with Gasteiger partial charge in [-0.05, 0) is 32.4 Å². The van der Waals surface area contributed by atoms with Gasteiger partial charge in [0, 0.05) is 0 Å². The molecule has 116 valence electrons. The van der Waals surface area contributed by atoms with E-state index >= 15 is 0 Å². The maximum absolute atomic E-state index is 9.93. The lowest BCUT2D eigenvalue weighted by molar-refractivity contribution is -0.219. The zero-order valence-corrected chi connectivity index (χ0v) is 12.9. The van der Waals surface area contributed by atoms with Crippen molar-refractivity contribution in [1.82, 2.24) is 0 Å². The second kappa shape index (κ2) is 7.18. The number of hydrogen-bond donors (Lipinski definition) is 1. The first-order chi connectivity index (χ1) is 9.94. The van der Waals surface area contributed by atoms with E-state index < -0.39 is 18.5 Å². The van der Waals surface area contributed by atoms with Crippen molar-refractivity contribution < 1.29 is 19.3 Å². The molecular weight excluding hydrogens is 268 g/mol. The van der Waals surface area contributed by atoms with Crippen LogP contribution in [0.2, 0.25) is 0 Å². The fourth-order valence-electron chi connectivity index (χ4n) is 2.05. The van der Waals surface area contributed by atoms with Crippen LogP contribution < -0.4 is 0 Å². The van der Waals surface area contributed by atoms with Crippen LogP contribution in [-0.2, 0) is 20.8 Å². The molecule has 0 saturated heterocycles. The van der Waals surface area contributed by atoms with Gasteiger partial charge in [-0.25, -0.2) is 0 Å². The van der Waals surface area contributed by atoms with Crippen molar-refractivity contribution in [2.24, 2.45) is 0 Å². The first-order valence-electron chi connectivity index (χ1n) is 7.25. The van der Waals surface area contributed by atoms with E-state index in [0.29, 0.717) is 13.2 Å². The van der Waals surface area contributed by atoms with Crippen LogP contribution in [0.25, 0.3) is 0 Å². The van der Waals surface area contributed by atoms with Crippen molar-refractivity contribution in [2.45, 2.75) is 51.5 Å². The number of rotatable bonds is 5. The Bertz CT molecular complexity index is 450. The molecule has 0 unspecified atom stereocenters. The van der Waals surface area contributed by atoms with Gasteiger partial charge in [-0.3, -0.25) is 0 Å². The minimum atomic E-state index is -0.666. The molecule has 0 fully saturated rings. The van der Waals surface area contributed by atoms with Crippen LogP contribution in [-0.4, -0.2) is 35.8 Å². The molecule has 0 saturated carbocycles. The zero-order chi connectivity index (χ0) is 15.3. The molecule has 3 atom stereocenters. The first kappa shape index (κ1) is 16.2. The summed E-state index contributed by atoms with van der Waals surface area (Å²) in [6, 6.07) is 9.92. The predicted octanol–water partition coefficient (Wildman–Crippen LogP) is 2.66. The number of aliphatic hydroxyl groups excluding tert-OH is 1. The molecule has 0 amide bonds. The molecule has 0 aliphatic carbocycles. The van der Waals surface area contributed by atoms with E-state index in [9.17, 15) is 5.11 Å². The summed E-state index contributed by atoms with van der Waals surface area (Å²) in [6.07, 6.45) is 1.92. The van der Waals surface area contributed by atoms with Crippen molar-refractivity contribution in [3.05, 3.63) is 48.0 Å². The molecule has 1 heterocycles. The van der Waals surface area contributed by atoms with Gasteiger partial charge in [0.15, 0.2) is 6.29 Å². The fraction of sp³-hybridized carbons (Fsp3) is 0.529. The summed E-state index contributed by atoms with van der Waals surface area (Å²) in [5.74, 6) is 0. The first-order valence-corrected chi connectivity index (χ1v) is 7.25. The van der Waals surface area contributed by atoms with Crippen LogP contribution in [0.5, 0.6) is 0 Å². The Morgan fingerprint density at radius 2 is 1.86 bits per heavy atom. The molecule has 4 nitrogen and oxygen atoms in total. The number of hydrogen-bond acceptors (Lipinski definition) is 4. The lowest BCUT2D eigenvalue weighted by Crippen LogP contribution is -2.41. The smallest absolute Gasteiger partial charge is 0.178 e. The van der Waals surface area contributed by atoms with Crippen LogP contribution in [0.4, 0.5) is 0 Å². The standard InChI is InChI=1S/C17H24O4/c1-17(2,3)21-16-10-9-14(18)15(20-16)12-19-11-13-7-5-4-6-8-13/h4-10,14-16,18H,11-12H2,1-3H3/t14-,15+,16+/m0/s1. The van der Waals surface area contributed by atoms with Crippen molar-refractivity contribution in [1.29, 1.82) is 0 Å². The zero-order valence-electron chi connectivity index (χ0n) is 12.9. The molecule has 2 rings (SSSR count). The van der Waals surface area contributed by atoms with Crippen molar-refractivity contribution in [2.75, 3.05) is 6.61 Å². The molecule has 1 N–H and O–H groups in total. The Labute approximate surface area is 126 Å². The highest BCUT2D eigenvalue weighted by atomic mass is 16.7. The highest BCUT2D eigenvalue weighted by Gasteiger charge is 2.28. The van der Waals surface area contributed by atoms with Crippen LogP contribution in [0.3, 0.4) is 0 Å². The van der Waals surface area contributed by atoms with Crippen molar-refractivity contribution in [3.8, 4) is 0 Å². The van der Waals surface area contributed by atoms with Gasteiger partial charge in [0.1, 0.15) is 12.2 Å². The Morgan fingerprint density at radius 1 is 1.14 bits per heavy atom. The maximum Gasteiger partial charge on any atom is 0.178 e. The van der Waals surface area contributed by atoms with E-state index in [2.05, 4.69) is 0 Å². The Balaban J connectivity index is 1.81. The minimum Gasteiger partial charge on any atom is -0.386 e. The molecule has 0 spiro atoms. The van der Waals surface area contributed by atoms with Gasteiger partial charge >= 0.3 is 0 Å². The summed E-state index contributed by atoms with van der Waals surface area (Å²) in [5, 5.41) is 9.93. The summed E-state index contributed by atoms with van der Waals surface area (Å²) < 4.78 is 17.1. The van der Waals surface area contributed by atoms with Gasteiger partial charge < -0.3 is 19.3 Å². The van der Waals surface area contributed by atoms with Crippen LogP contribution in [0, 0.1) is 0 Å². The molecule has 1 aromatic rings. The summed E-state index contributed by atoms with van der Waals surface area (Å²) in [6.45, 7) is 6.73. The van der Waals surface area contributed by atoms with Crippen LogP contribution in [0.1, 0.15) is 26.3 Å². The van der Waals surface area contributed by atoms with Gasteiger partial charge in [0.05, 0.1) is 18.8 Å². The van der Waals surface area contributed by atoms with E-state index in [1.807, 2.05) is 51.1 Å². The lowest BCUT2D eigenvalue weighted by atomic mass is 10.1. The third kappa shape index (κ3) is 5.59. The fourth-order valence-corrected chi connectivity index (χ4v) is 2.05. The molecule has 0 bridgehead atoms. The molecule has 0 radical (unpaired) electrons. The molecular formula is C17H24O4. The Morgan fingerprint density at radius 3 is 2.52 bits per heavy atom. The molecule has 0 aromatic heterocycles. The second-order valence-electron chi connectivity index (χ2n) is 6.15. The average Bonchev–Trinajstić information content (AvgIpc) is 2.42. The van der Waals surface area contributed by atoms with Gasteiger partial charge in [-0.2, -0.15) is 0 Å². The number of benzene rings is 1. The van der Waals surface area contributed by atoms with Gasteiger partial charge in [0.25, 0.3) is 0 Å². The highest BCUT2D eigenvalue weighted by Crippen LogP contribution is 2.20. The van der Waals surface area contributed by atoms with E-state index in [0.717, 1.165) is 5.56 Å². The molecule has 1 aliphatic heterocycles. The molecule has 4 heteroatoms. The summed E-state index contributed by atoms with van der Waals surface area (Å²) >= 11 is 0. The predicted molar refractivity (Wildman–Crippen MR) is 80.7 cm³/mol. The van der Waals surface area contributed by atoms with Crippen LogP contribution >= 0.6 is 0 Å². The Kier molecular flexibility index (Phi) is 5.53. The number of aliphatic hydroxyl groups is 1. The number of ether oxygens (including phenoxy) is 3. The van der Waals surface area contributed by atoms with Crippen molar-refractivity contribution >= 4 is 0 Å². The maximum atomic E-state index is 9.93. The van der Waals surface area contributed by atoms with E-state index in [1.165, 1.54) is 0 Å². The van der Waals surface area contributed by atoms with Gasteiger partial charge in [-0.15, -0.1) is 0 Å².